The monoisotopic (exact) mass is 255 g/mol. The second-order valence-electron chi connectivity index (χ2n) is 3.83. The number of hydrogen-bond acceptors (Lipinski definition) is 5. The van der Waals surface area contributed by atoms with E-state index in [-0.39, 0.29) is 0 Å². The van der Waals surface area contributed by atoms with Crippen molar-refractivity contribution in [2.45, 2.75) is 25.0 Å². The van der Waals surface area contributed by atoms with E-state index in [4.69, 9.17) is 5.73 Å². The molecule has 88 valence electrons. The third kappa shape index (κ3) is 3.04. The van der Waals surface area contributed by atoms with Crippen molar-refractivity contribution in [3.63, 3.8) is 0 Å². The Morgan fingerprint density at radius 2 is 2.31 bits per heavy atom. The molecule has 0 saturated carbocycles. The summed E-state index contributed by atoms with van der Waals surface area (Å²) in [5, 5.41) is 0.429. The lowest BCUT2D eigenvalue weighted by Crippen LogP contribution is -2.12. The van der Waals surface area contributed by atoms with Crippen LogP contribution in [0, 0.1) is 0 Å². The third-order valence-corrected chi connectivity index (χ3v) is 5.18. The molecule has 0 aromatic carbocycles. The minimum Gasteiger partial charge on any atom is -0.384 e. The average Bonchev–Trinajstić information content (AvgIpc) is 2.30. The summed E-state index contributed by atoms with van der Waals surface area (Å²) in [7, 11) is 0. The molecule has 1 aromatic rings. The summed E-state index contributed by atoms with van der Waals surface area (Å²) in [5.41, 5.74) is 6.91. The lowest BCUT2D eigenvalue weighted by atomic mass is 10.2. The lowest BCUT2D eigenvalue weighted by molar-refractivity contribution is 0.832. The lowest BCUT2D eigenvalue weighted by Gasteiger charge is -2.20. The topological polar surface area (TPSA) is 51.8 Å². The molecule has 1 fully saturated rings. The molecule has 2 heterocycles. The molecule has 3 nitrogen and oxygen atoms in total. The van der Waals surface area contributed by atoms with Crippen LogP contribution in [0.5, 0.6) is 0 Å². The van der Waals surface area contributed by atoms with Gasteiger partial charge >= 0.3 is 0 Å². The Bertz CT molecular complexity index is 351. The van der Waals surface area contributed by atoms with Crippen LogP contribution in [0.4, 0.5) is 5.82 Å². The molecule has 1 aliphatic heterocycles. The van der Waals surface area contributed by atoms with Gasteiger partial charge in [-0.1, -0.05) is 13.3 Å². The number of aromatic nitrogens is 2. The standard InChI is InChI=1S/C11H17N3S2/c1-2-3-8-6-10(12)14-11(13-8)9-7-15-4-5-16-9/h6,9H,2-5,7H2,1H3,(H2,12,13,14). The highest BCUT2D eigenvalue weighted by Crippen LogP contribution is 2.35. The van der Waals surface area contributed by atoms with Crippen LogP contribution in [-0.4, -0.2) is 27.2 Å². The molecule has 0 amide bonds. The smallest absolute Gasteiger partial charge is 0.144 e. The van der Waals surface area contributed by atoms with E-state index in [0.29, 0.717) is 11.1 Å². The van der Waals surface area contributed by atoms with Gasteiger partial charge in [0.25, 0.3) is 0 Å². The van der Waals surface area contributed by atoms with Crippen LogP contribution >= 0.6 is 23.5 Å². The predicted molar refractivity (Wildman–Crippen MR) is 73.0 cm³/mol. The van der Waals surface area contributed by atoms with Crippen LogP contribution in [-0.2, 0) is 6.42 Å². The first-order chi connectivity index (χ1) is 7.79. The number of nitrogens with zero attached hydrogens (tertiary/aromatic N) is 2. The molecule has 2 N–H and O–H groups in total. The van der Waals surface area contributed by atoms with E-state index in [2.05, 4.69) is 16.9 Å². The van der Waals surface area contributed by atoms with Crippen LogP contribution in [0.2, 0.25) is 0 Å². The number of rotatable bonds is 3. The molecule has 1 aliphatic rings. The zero-order valence-corrected chi connectivity index (χ0v) is 11.1. The highest BCUT2D eigenvalue weighted by molar-refractivity contribution is 8.06. The van der Waals surface area contributed by atoms with Gasteiger partial charge in [-0.05, 0) is 6.42 Å². The van der Waals surface area contributed by atoms with Crippen molar-refractivity contribution in [1.82, 2.24) is 9.97 Å². The van der Waals surface area contributed by atoms with Crippen molar-refractivity contribution in [2.75, 3.05) is 23.0 Å². The van der Waals surface area contributed by atoms with E-state index in [1.54, 1.807) is 0 Å². The second kappa shape index (κ2) is 5.77. The van der Waals surface area contributed by atoms with Crippen molar-refractivity contribution in [3.05, 3.63) is 17.6 Å². The molecule has 5 heteroatoms. The van der Waals surface area contributed by atoms with Gasteiger partial charge < -0.3 is 5.73 Å². The highest BCUT2D eigenvalue weighted by atomic mass is 32.2. The maximum atomic E-state index is 5.83. The zero-order chi connectivity index (χ0) is 11.4. The normalized spacial score (nSPS) is 20.9. The van der Waals surface area contributed by atoms with Gasteiger partial charge in [-0.15, -0.1) is 11.8 Å². The van der Waals surface area contributed by atoms with Gasteiger partial charge in [0.2, 0.25) is 0 Å². The van der Waals surface area contributed by atoms with E-state index in [0.717, 1.165) is 30.1 Å². The molecule has 1 unspecified atom stereocenters. The molecule has 0 radical (unpaired) electrons. The van der Waals surface area contributed by atoms with Gasteiger partial charge in [0, 0.05) is 29.0 Å². The number of thioether (sulfide) groups is 2. The van der Waals surface area contributed by atoms with E-state index < -0.39 is 0 Å². The summed E-state index contributed by atoms with van der Waals surface area (Å²) < 4.78 is 0. The number of aryl methyl sites for hydroxylation is 1. The van der Waals surface area contributed by atoms with Crippen molar-refractivity contribution >= 4 is 29.3 Å². The molecule has 0 spiro atoms. The van der Waals surface area contributed by atoms with Crippen molar-refractivity contribution in [3.8, 4) is 0 Å². The van der Waals surface area contributed by atoms with Crippen molar-refractivity contribution < 1.29 is 0 Å². The SMILES string of the molecule is CCCc1cc(N)nc(C2CSCCS2)n1. The maximum Gasteiger partial charge on any atom is 0.144 e. The summed E-state index contributed by atoms with van der Waals surface area (Å²) in [6.07, 6.45) is 2.09. The van der Waals surface area contributed by atoms with E-state index >= 15 is 0 Å². The summed E-state index contributed by atoms with van der Waals surface area (Å²) in [6.45, 7) is 2.16. The predicted octanol–water partition coefficient (Wildman–Crippen LogP) is 2.53. The van der Waals surface area contributed by atoms with Gasteiger partial charge in [0.1, 0.15) is 11.6 Å². The van der Waals surface area contributed by atoms with E-state index in [1.165, 1.54) is 11.5 Å². The van der Waals surface area contributed by atoms with E-state index in [9.17, 15) is 0 Å². The Hall–Kier alpha value is -0.420. The Morgan fingerprint density at radius 3 is 3.00 bits per heavy atom. The van der Waals surface area contributed by atoms with Crippen LogP contribution < -0.4 is 5.73 Å². The largest absolute Gasteiger partial charge is 0.384 e. The van der Waals surface area contributed by atoms with Crippen LogP contribution in [0.1, 0.15) is 30.1 Å². The summed E-state index contributed by atoms with van der Waals surface area (Å²) >= 11 is 3.93. The van der Waals surface area contributed by atoms with E-state index in [1.807, 2.05) is 29.6 Å². The van der Waals surface area contributed by atoms with Gasteiger partial charge in [-0.3, -0.25) is 0 Å². The fraction of sp³-hybridized carbons (Fsp3) is 0.636. The quantitative estimate of drug-likeness (QED) is 0.899. The van der Waals surface area contributed by atoms with Crippen LogP contribution in [0.3, 0.4) is 0 Å². The summed E-state index contributed by atoms with van der Waals surface area (Å²) in [6, 6.07) is 1.90. The first-order valence-electron chi connectivity index (χ1n) is 5.62. The van der Waals surface area contributed by atoms with Gasteiger partial charge in [-0.25, -0.2) is 9.97 Å². The molecule has 16 heavy (non-hydrogen) atoms. The van der Waals surface area contributed by atoms with Gasteiger partial charge in [0.05, 0.1) is 5.25 Å². The summed E-state index contributed by atoms with van der Waals surface area (Å²) in [4.78, 5) is 8.99. The number of hydrogen-bond donors (Lipinski definition) is 1. The Morgan fingerprint density at radius 1 is 1.44 bits per heavy atom. The molecular formula is C11H17N3S2. The van der Waals surface area contributed by atoms with Gasteiger partial charge in [0.15, 0.2) is 0 Å². The molecule has 1 aromatic heterocycles. The first-order valence-corrected chi connectivity index (χ1v) is 7.82. The Balaban J connectivity index is 2.18. The fourth-order valence-electron chi connectivity index (χ4n) is 1.70. The molecule has 0 bridgehead atoms. The molecule has 1 atom stereocenters. The first kappa shape index (κ1) is 12.0. The number of nitrogens with two attached hydrogens (primary N) is 1. The molecule has 0 aliphatic carbocycles. The van der Waals surface area contributed by atoms with Crippen LogP contribution in [0.25, 0.3) is 0 Å². The number of anilines is 1. The minimum absolute atomic E-state index is 0.429. The Labute approximate surface area is 105 Å². The maximum absolute atomic E-state index is 5.83. The minimum atomic E-state index is 0.429. The number of nitrogen functional groups attached to an aromatic ring is 1. The zero-order valence-electron chi connectivity index (χ0n) is 9.48. The average molecular weight is 255 g/mol. The Kier molecular flexibility index (Phi) is 4.35. The molecule has 2 rings (SSSR count). The van der Waals surface area contributed by atoms with Crippen molar-refractivity contribution in [2.24, 2.45) is 0 Å². The molecule has 1 saturated heterocycles. The van der Waals surface area contributed by atoms with Crippen LogP contribution in [0.15, 0.2) is 6.07 Å². The second-order valence-corrected chi connectivity index (χ2v) is 6.29. The van der Waals surface area contributed by atoms with Gasteiger partial charge in [-0.2, -0.15) is 11.8 Å². The third-order valence-electron chi connectivity index (χ3n) is 2.43. The molecular weight excluding hydrogens is 238 g/mol. The fourth-order valence-corrected chi connectivity index (χ4v) is 4.30. The highest BCUT2D eigenvalue weighted by Gasteiger charge is 2.19. The summed E-state index contributed by atoms with van der Waals surface area (Å²) in [5.74, 6) is 5.09. The van der Waals surface area contributed by atoms with Crippen molar-refractivity contribution in [1.29, 1.82) is 0 Å².